The molecule has 8 heteroatoms. The number of rotatable bonds is 5. The van der Waals surface area contributed by atoms with Crippen molar-refractivity contribution in [1.29, 1.82) is 0 Å². The minimum absolute atomic E-state index is 0.0452. The first-order valence-corrected chi connectivity index (χ1v) is 9.97. The van der Waals surface area contributed by atoms with Crippen LogP contribution in [0.15, 0.2) is 52.9 Å². The number of aromatic nitrogens is 1. The number of aryl methyl sites for hydroxylation is 1. The van der Waals surface area contributed by atoms with Gasteiger partial charge >= 0.3 is 6.03 Å². The summed E-state index contributed by atoms with van der Waals surface area (Å²) in [4.78, 5) is 31.6. The van der Waals surface area contributed by atoms with Gasteiger partial charge in [-0.25, -0.2) is 9.78 Å². The van der Waals surface area contributed by atoms with Crippen LogP contribution in [-0.4, -0.2) is 34.2 Å². The van der Waals surface area contributed by atoms with Crippen LogP contribution in [0.2, 0.25) is 0 Å². The van der Waals surface area contributed by atoms with E-state index >= 15 is 0 Å². The Hall–Kier alpha value is -3.81. The molecule has 0 spiro atoms. The van der Waals surface area contributed by atoms with Crippen molar-refractivity contribution in [2.75, 3.05) is 6.79 Å². The van der Waals surface area contributed by atoms with Gasteiger partial charge in [0.2, 0.25) is 12.7 Å². The molecule has 1 saturated heterocycles. The van der Waals surface area contributed by atoms with Crippen molar-refractivity contribution in [3.05, 3.63) is 65.5 Å². The maximum absolute atomic E-state index is 13.2. The van der Waals surface area contributed by atoms with Crippen molar-refractivity contribution in [2.24, 2.45) is 0 Å². The predicted octanol–water partition coefficient (Wildman–Crippen LogP) is 3.43. The summed E-state index contributed by atoms with van der Waals surface area (Å²) in [6.07, 6.45) is 0.331. The summed E-state index contributed by atoms with van der Waals surface area (Å²) in [7, 11) is 0. The third kappa shape index (κ3) is 3.39. The first-order chi connectivity index (χ1) is 14.9. The van der Waals surface area contributed by atoms with E-state index in [1.807, 2.05) is 48.5 Å². The topological polar surface area (TPSA) is 93.9 Å². The largest absolute Gasteiger partial charge is 0.454 e. The zero-order valence-electron chi connectivity index (χ0n) is 17.2. The highest BCUT2D eigenvalue weighted by atomic mass is 16.7. The SMILES string of the molecule is Cc1oc(-c2ccccc2)nc1CN1C(=O)NC(C)(Cc2ccc3c(c2)OCO3)C1=O. The first kappa shape index (κ1) is 19.2. The van der Waals surface area contributed by atoms with E-state index < -0.39 is 11.6 Å². The number of imide groups is 1. The predicted molar refractivity (Wildman–Crippen MR) is 110 cm³/mol. The summed E-state index contributed by atoms with van der Waals surface area (Å²) in [5.41, 5.74) is 1.19. The number of carbonyl (C=O) groups is 2. The number of urea groups is 1. The molecule has 158 valence electrons. The highest BCUT2D eigenvalue weighted by molar-refractivity contribution is 6.06. The van der Waals surface area contributed by atoms with Gasteiger partial charge in [-0.15, -0.1) is 0 Å². The van der Waals surface area contributed by atoms with Crippen LogP contribution >= 0.6 is 0 Å². The molecule has 0 saturated carbocycles. The summed E-state index contributed by atoms with van der Waals surface area (Å²) in [5, 5.41) is 2.83. The molecule has 2 aliphatic heterocycles. The van der Waals surface area contributed by atoms with Crippen LogP contribution in [0.1, 0.15) is 23.9 Å². The van der Waals surface area contributed by atoms with Crippen LogP contribution < -0.4 is 14.8 Å². The van der Waals surface area contributed by atoms with E-state index in [-0.39, 0.29) is 19.2 Å². The maximum atomic E-state index is 13.2. The molecule has 31 heavy (non-hydrogen) atoms. The lowest BCUT2D eigenvalue weighted by Crippen LogP contribution is -2.45. The molecule has 1 atom stereocenters. The van der Waals surface area contributed by atoms with Crippen LogP contribution in [0.3, 0.4) is 0 Å². The molecule has 0 aliphatic carbocycles. The fraction of sp³-hybridized carbons (Fsp3) is 0.261. The van der Waals surface area contributed by atoms with Gasteiger partial charge in [0.1, 0.15) is 17.0 Å². The molecule has 5 rings (SSSR count). The molecule has 1 unspecified atom stereocenters. The molecule has 2 aromatic carbocycles. The number of ether oxygens (including phenoxy) is 2. The van der Waals surface area contributed by atoms with Gasteiger partial charge in [-0.05, 0) is 43.7 Å². The number of benzene rings is 2. The van der Waals surface area contributed by atoms with Crippen molar-refractivity contribution < 1.29 is 23.5 Å². The van der Waals surface area contributed by atoms with E-state index in [9.17, 15) is 9.59 Å². The summed E-state index contributed by atoms with van der Waals surface area (Å²) >= 11 is 0. The Balaban J connectivity index is 1.35. The monoisotopic (exact) mass is 419 g/mol. The highest BCUT2D eigenvalue weighted by Crippen LogP contribution is 2.34. The van der Waals surface area contributed by atoms with Gasteiger partial charge in [0, 0.05) is 12.0 Å². The van der Waals surface area contributed by atoms with E-state index in [1.54, 1.807) is 13.8 Å². The van der Waals surface area contributed by atoms with Gasteiger partial charge in [0.25, 0.3) is 5.91 Å². The second kappa shape index (κ2) is 7.16. The van der Waals surface area contributed by atoms with Gasteiger partial charge in [-0.3, -0.25) is 9.69 Å². The van der Waals surface area contributed by atoms with Crippen molar-refractivity contribution >= 4 is 11.9 Å². The minimum Gasteiger partial charge on any atom is -0.454 e. The van der Waals surface area contributed by atoms with Crippen LogP contribution in [0.4, 0.5) is 4.79 Å². The van der Waals surface area contributed by atoms with Crippen LogP contribution in [0.25, 0.3) is 11.5 Å². The molecule has 8 nitrogen and oxygen atoms in total. The van der Waals surface area contributed by atoms with Gasteiger partial charge in [0.05, 0.1) is 6.54 Å². The number of hydrogen-bond acceptors (Lipinski definition) is 6. The van der Waals surface area contributed by atoms with E-state index in [4.69, 9.17) is 13.9 Å². The van der Waals surface area contributed by atoms with Gasteiger partial charge in [0.15, 0.2) is 11.5 Å². The maximum Gasteiger partial charge on any atom is 0.325 e. The Bertz CT molecular complexity index is 1170. The number of nitrogens with zero attached hydrogens (tertiary/aromatic N) is 2. The van der Waals surface area contributed by atoms with Gasteiger partial charge < -0.3 is 19.2 Å². The van der Waals surface area contributed by atoms with Crippen molar-refractivity contribution in [2.45, 2.75) is 32.4 Å². The Morgan fingerprint density at radius 1 is 1.10 bits per heavy atom. The van der Waals surface area contributed by atoms with Gasteiger partial charge in [-0.2, -0.15) is 0 Å². The van der Waals surface area contributed by atoms with Crippen LogP contribution in [0.5, 0.6) is 11.5 Å². The minimum atomic E-state index is -1.06. The fourth-order valence-corrected chi connectivity index (χ4v) is 3.90. The zero-order chi connectivity index (χ0) is 21.6. The van der Waals surface area contributed by atoms with Crippen molar-refractivity contribution in [3.8, 4) is 23.0 Å². The molecular formula is C23H21N3O5. The second-order valence-electron chi connectivity index (χ2n) is 7.91. The average molecular weight is 419 g/mol. The number of fused-ring (bicyclic) bond motifs is 1. The molecular weight excluding hydrogens is 398 g/mol. The fourth-order valence-electron chi connectivity index (χ4n) is 3.90. The Morgan fingerprint density at radius 2 is 1.87 bits per heavy atom. The zero-order valence-corrected chi connectivity index (χ0v) is 17.2. The lowest BCUT2D eigenvalue weighted by Gasteiger charge is -2.21. The summed E-state index contributed by atoms with van der Waals surface area (Å²) < 4.78 is 16.5. The molecule has 1 N–H and O–H groups in total. The summed E-state index contributed by atoms with van der Waals surface area (Å²) in [5.74, 6) is 2.04. The third-order valence-electron chi connectivity index (χ3n) is 5.56. The van der Waals surface area contributed by atoms with E-state index in [0.717, 1.165) is 11.1 Å². The Morgan fingerprint density at radius 3 is 2.68 bits per heavy atom. The average Bonchev–Trinajstić information content (AvgIpc) is 3.42. The molecule has 0 bridgehead atoms. The van der Waals surface area contributed by atoms with Crippen molar-refractivity contribution in [1.82, 2.24) is 15.2 Å². The first-order valence-electron chi connectivity index (χ1n) is 9.97. The molecule has 1 fully saturated rings. The smallest absolute Gasteiger partial charge is 0.325 e. The molecule has 3 amide bonds. The number of amides is 3. The molecule has 3 heterocycles. The quantitative estimate of drug-likeness (QED) is 0.637. The van der Waals surface area contributed by atoms with Gasteiger partial charge in [-0.1, -0.05) is 24.3 Å². The molecule has 3 aromatic rings. The molecule has 2 aliphatic rings. The third-order valence-corrected chi connectivity index (χ3v) is 5.56. The van der Waals surface area contributed by atoms with Crippen LogP contribution in [0, 0.1) is 6.92 Å². The van der Waals surface area contributed by atoms with Crippen molar-refractivity contribution in [3.63, 3.8) is 0 Å². The number of carbonyl (C=O) groups excluding carboxylic acids is 2. The van der Waals surface area contributed by atoms with E-state index in [1.165, 1.54) is 4.90 Å². The number of oxazole rings is 1. The van der Waals surface area contributed by atoms with Crippen LogP contribution in [-0.2, 0) is 17.8 Å². The Kier molecular flexibility index (Phi) is 4.43. The lowest BCUT2D eigenvalue weighted by atomic mass is 9.92. The highest BCUT2D eigenvalue weighted by Gasteiger charge is 2.48. The van der Waals surface area contributed by atoms with E-state index in [0.29, 0.717) is 35.3 Å². The Labute approximate surface area is 178 Å². The normalized spacial score (nSPS) is 19.7. The second-order valence-corrected chi connectivity index (χ2v) is 7.91. The standard InChI is InChI=1S/C23H21N3O5/c1-14-17(24-20(31-14)16-6-4-3-5-7-16)12-26-21(27)23(2,25-22(26)28)11-15-8-9-18-19(10-15)30-13-29-18/h3-10H,11-13H2,1-2H3,(H,25,28). The summed E-state index contributed by atoms with van der Waals surface area (Å²) in [6, 6.07) is 14.6. The number of hydrogen-bond donors (Lipinski definition) is 1. The molecule has 1 aromatic heterocycles. The lowest BCUT2D eigenvalue weighted by molar-refractivity contribution is -0.131. The number of nitrogens with one attached hydrogen (secondary N) is 1. The van der Waals surface area contributed by atoms with E-state index in [2.05, 4.69) is 10.3 Å². The summed E-state index contributed by atoms with van der Waals surface area (Å²) in [6.45, 7) is 3.73. The molecule has 0 radical (unpaired) electrons.